The van der Waals surface area contributed by atoms with Crippen LogP contribution in [-0.4, -0.2) is 38.6 Å². The molecule has 3 N–H and O–H groups in total. The first-order valence-electron chi connectivity index (χ1n) is 9.54. The van der Waals surface area contributed by atoms with Gasteiger partial charge in [-0.05, 0) is 45.4 Å². The summed E-state index contributed by atoms with van der Waals surface area (Å²) in [5.41, 5.74) is -1.49. The molecule has 5 nitrogen and oxygen atoms in total. The second-order valence-electron chi connectivity index (χ2n) is 8.14. The van der Waals surface area contributed by atoms with Crippen LogP contribution in [0.3, 0.4) is 0 Å². The number of allylic oxidation sites excluding steroid dienone is 3. The van der Waals surface area contributed by atoms with Crippen LogP contribution < -0.4 is 0 Å². The molecule has 0 bridgehead atoms. The number of hydrogen-bond acceptors (Lipinski definition) is 5. The lowest BCUT2D eigenvalue weighted by Crippen LogP contribution is -2.49. The minimum atomic E-state index is -2.11. The van der Waals surface area contributed by atoms with Gasteiger partial charge in [-0.1, -0.05) is 39.3 Å². The van der Waals surface area contributed by atoms with Crippen LogP contribution in [0.4, 0.5) is 0 Å². The van der Waals surface area contributed by atoms with Crippen LogP contribution in [0.15, 0.2) is 23.0 Å². The maximum Gasteiger partial charge on any atom is 0.176 e. The lowest BCUT2D eigenvalue weighted by atomic mass is 9.79. The molecule has 4 atom stereocenters. The zero-order valence-corrected chi connectivity index (χ0v) is 16.9. The molecular formula is C21H34O5. The number of hydrogen-bond donors (Lipinski definition) is 3. The van der Waals surface area contributed by atoms with Crippen LogP contribution in [-0.2, 0) is 9.59 Å². The largest absolute Gasteiger partial charge is 0.508 e. The Bertz CT molecular complexity index is 598. The summed E-state index contributed by atoms with van der Waals surface area (Å²) in [5, 5.41) is 32.5. The average molecular weight is 366 g/mol. The molecule has 5 heteroatoms. The second kappa shape index (κ2) is 8.96. The Morgan fingerprint density at radius 3 is 2.27 bits per heavy atom. The summed E-state index contributed by atoms with van der Waals surface area (Å²) in [4.78, 5) is 25.5. The molecular weight excluding hydrogens is 332 g/mol. The van der Waals surface area contributed by atoms with Crippen molar-refractivity contribution < 1.29 is 24.9 Å². The van der Waals surface area contributed by atoms with E-state index in [1.807, 2.05) is 34.6 Å². The molecule has 0 aromatic carbocycles. The van der Waals surface area contributed by atoms with Gasteiger partial charge in [-0.25, -0.2) is 0 Å². The summed E-state index contributed by atoms with van der Waals surface area (Å²) < 4.78 is 0. The normalized spacial score (nSPS) is 25.6. The zero-order chi connectivity index (χ0) is 20.2. The molecule has 26 heavy (non-hydrogen) atoms. The fraction of sp³-hybridized carbons (Fsp3) is 0.714. The highest BCUT2D eigenvalue weighted by Crippen LogP contribution is 2.44. The molecule has 0 spiro atoms. The Morgan fingerprint density at radius 1 is 1.23 bits per heavy atom. The monoisotopic (exact) mass is 366 g/mol. The van der Waals surface area contributed by atoms with Crippen LogP contribution >= 0.6 is 0 Å². The van der Waals surface area contributed by atoms with Crippen molar-refractivity contribution in [3.8, 4) is 0 Å². The highest BCUT2D eigenvalue weighted by molar-refractivity contribution is 6.24. The van der Waals surface area contributed by atoms with Gasteiger partial charge in [-0.3, -0.25) is 9.59 Å². The summed E-state index contributed by atoms with van der Waals surface area (Å²) in [6.07, 6.45) is 2.03. The first-order chi connectivity index (χ1) is 12.0. The van der Waals surface area contributed by atoms with E-state index in [0.717, 1.165) is 5.57 Å². The zero-order valence-electron chi connectivity index (χ0n) is 16.9. The predicted molar refractivity (Wildman–Crippen MR) is 102 cm³/mol. The van der Waals surface area contributed by atoms with Gasteiger partial charge in [0.05, 0.1) is 12.0 Å². The van der Waals surface area contributed by atoms with E-state index in [2.05, 4.69) is 0 Å². The Morgan fingerprint density at radius 2 is 1.81 bits per heavy atom. The van der Waals surface area contributed by atoms with Gasteiger partial charge in [0.25, 0.3) is 0 Å². The topological polar surface area (TPSA) is 94.8 Å². The third-order valence-corrected chi connectivity index (χ3v) is 5.30. The van der Waals surface area contributed by atoms with Crippen molar-refractivity contribution in [1.29, 1.82) is 0 Å². The molecule has 0 fully saturated rings. The number of Topliss-reactive ketones (excluding diaryl/α,β-unsaturated/α-hetero) is 2. The summed E-state index contributed by atoms with van der Waals surface area (Å²) in [6, 6.07) is 0. The SMILES string of the molecule is CCC(C)C(=O)C1=C(O)C(O)(C(O)CCC(C)C)C(CC=C(C)C)C1=O. The lowest BCUT2D eigenvalue weighted by molar-refractivity contribution is -0.136. The molecule has 0 aliphatic heterocycles. The predicted octanol–water partition coefficient (Wildman–Crippen LogP) is 3.50. The first kappa shape index (κ1) is 22.6. The number of ketones is 2. The molecule has 0 saturated carbocycles. The maximum absolute atomic E-state index is 12.9. The van der Waals surface area contributed by atoms with E-state index in [9.17, 15) is 24.9 Å². The molecule has 4 unspecified atom stereocenters. The third kappa shape index (κ3) is 4.44. The van der Waals surface area contributed by atoms with Gasteiger partial charge in [-0.15, -0.1) is 0 Å². The second-order valence-corrected chi connectivity index (χ2v) is 8.14. The van der Waals surface area contributed by atoms with Crippen molar-refractivity contribution in [3.05, 3.63) is 23.0 Å². The quantitative estimate of drug-likeness (QED) is 0.429. The van der Waals surface area contributed by atoms with E-state index in [-0.39, 0.29) is 18.4 Å². The number of carbonyl (C=O) groups excluding carboxylic acids is 2. The molecule has 0 saturated heterocycles. The Hall–Kier alpha value is -1.46. The fourth-order valence-corrected chi connectivity index (χ4v) is 3.27. The maximum atomic E-state index is 12.9. The van der Waals surface area contributed by atoms with E-state index >= 15 is 0 Å². The van der Waals surface area contributed by atoms with Gasteiger partial charge in [-0.2, -0.15) is 0 Å². The van der Waals surface area contributed by atoms with Crippen molar-refractivity contribution in [2.75, 3.05) is 0 Å². The Balaban J connectivity index is 3.36. The van der Waals surface area contributed by atoms with E-state index in [4.69, 9.17) is 0 Å². The van der Waals surface area contributed by atoms with Gasteiger partial charge in [0, 0.05) is 5.92 Å². The minimum absolute atomic E-state index is 0.164. The van der Waals surface area contributed by atoms with E-state index in [1.165, 1.54) is 0 Å². The highest BCUT2D eigenvalue weighted by Gasteiger charge is 2.58. The number of aliphatic hydroxyl groups is 3. The Labute approximate surface area is 156 Å². The molecule has 1 rings (SSSR count). The Kier molecular flexibility index (Phi) is 7.78. The molecule has 0 amide bonds. The number of aliphatic hydroxyl groups excluding tert-OH is 2. The third-order valence-electron chi connectivity index (χ3n) is 5.30. The van der Waals surface area contributed by atoms with Gasteiger partial charge in [0.2, 0.25) is 0 Å². The van der Waals surface area contributed by atoms with E-state index < -0.39 is 40.9 Å². The molecule has 0 aromatic rings. The van der Waals surface area contributed by atoms with Crippen molar-refractivity contribution in [1.82, 2.24) is 0 Å². The van der Waals surface area contributed by atoms with Gasteiger partial charge in [0.15, 0.2) is 17.2 Å². The molecule has 1 aliphatic carbocycles. The lowest BCUT2D eigenvalue weighted by Gasteiger charge is -2.34. The van der Waals surface area contributed by atoms with Crippen LogP contribution in [0.25, 0.3) is 0 Å². The van der Waals surface area contributed by atoms with Crippen LogP contribution in [0.1, 0.15) is 67.2 Å². The van der Waals surface area contributed by atoms with Gasteiger partial charge >= 0.3 is 0 Å². The first-order valence-corrected chi connectivity index (χ1v) is 9.54. The average Bonchev–Trinajstić information content (AvgIpc) is 2.76. The number of rotatable bonds is 9. The van der Waals surface area contributed by atoms with Gasteiger partial charge in [0.1, 0.15) is 11.3 Å². The van der Waals surface area contributed by atoms with E-state index in [1.54, 1.807) is 13.0 Å². The summed E-state index contributed by atoms with van der Waals surface area (Å²) in [5.74, 6) is -2.89. The van der Waals surface area contributed by atoms with Crippen molar-refractivity contribution >= 4 is 11.6 Å². The standard InChI is InChI=1S/C21H34O5/c1-7-14(6)18(23)17-19(24)15(10-8-12(2)3)21(26,20(17)25)16(22)11-9-13(4)5/h8,13-16,22,25-26H,7,9-11H2,1-6H3. The van der Waals surface area contributed by atoms with E-state index in [0.29, 0.717) is 18.8 Å². The summed E-state index contributed by atoms with van der Waals surface area (Å²) >= 11 is 0. The molecule has 0 heterocycles. The van der Waals surface area contributed by atoms with Crippen LogP contribution in [0.2, 0.25) is 0 Å². The molecule has 0 radical (unpaired) electrons. The fourth-order valence-electron chi connectivity index (χ4n) is 3.27. The molecule has 0 aromatic heterocycles. The van der Waals surface area contributed by atoms with Crippen molar-refractivity contribution in [2.45, 2.75) is 78.9 Å². The molecule has 1 aliphatic rings. The van der Waals surface area contributed by atoms with Gasteiger partial charge < -0.3 is 15.3 Å². The van der Waals surface area contributed by atoms with Crippen molar-refractivity contribution in [3.63, 3.8) is 0 Å². The molecule has 148 valence electrons. The smallest absolute Gasteiger partial charge is 0.176 e. The minimum Gasteiger partial charge on any atom is -0.508 e. The highest BCUT2D eigenvalue weighted by atomic mass is 16.4. The van der Waals surface area contributed by atoms with Crippen LogP contribution in [0, 0.1) is 17.8 Å². The van der Waals surface area contributed by atoms with Crippen LogP contribution in [0.5, 0.6) is 0 Å². The number of carbonyl (C=O) groups is 2. The summed E-state index contributed by atoms with van der Waals surface area (Å²) in [7, 11) is 0. The van der Waals surface area contributed by atoms with Crippen molar-refractivity contribution in [2.24, 2.45) is 17.8 Å². The summed E-state index contributed by atoms with van der Waals surface area (Å²) in [6.45, 7) is 11.2.